The predicted molar refractivity (Wildman–Crippen MR) is 324 cm³/mol. The van der Waals surface area contributed by atoms with Crippen molar-refractivity contribution in [3.05, 3.63) is 118 Å². The van der Waals surface area contributed by atoms with E-state index in [1.54, 1.807) is 24.3 Å². The number of carboxylic acids is 4. The first-order valence-electron chi connectivity index (χ1n) is 30.2. The van der Waals surface area contributed by atoms with Gasteiger partial charge >= 0.3 is 23.9 Å². The summed E-state index contributed by atoms with van der Waals surface area (Å²) >= 11 is 0. The fourth-order valence-electron chi connectivity index (χ4n) is 10.4. The van der Waals surface area contributed by atoms with Crippen molar-refractivity contribution in [2.45, 2.75) is 116 Å². The Hall–Kier alpha value is -6.33. The van der Waals surface area contributed by atoms with E-state index in [1.165, 1.54) is 31.2 Å². The van der Waals surface area contributed by atoms with Gasteiger partial charge in [0.25, 0.3) is 0 Å². The summed E-state index contributed by atoms with van der Waals surface area (Å²) in [6.07, 6.45) is 8.96. The van der Waals surface area contributed by atoms with Crippen LogP contribution in [0.2, 0.25) is 0 Å². The van der Waals surface area contributed by atoms with E-state index >= 15 is 0 Å². The van der Waals surface area contributed by atoms with Crippen LogP contribution in [0.15, 0.2) is 72.8 Å². The van der Waals surface area contributed by atoms with Crippen LogP contribution in [-0.4, -0.2) is 246 Å². The van der Waals surface area contributed by atoms with Crippen molar-refractivity contribution in [1.82, 2.24) is 39.5 Å². The van der Waals surface area contributed by atoms with Gasteiger partial charge < -0.3 is 63.1 Å². The molecule has 2 aliphatic heterocycles. The van der Waals surface area contributed by atoms with Crippen molar-refractivity contribution in [3.8, 4) is 0 Å². The number of aromatic nitrogens is 4. The summed E-state index contributed by atoms with van der Waals surface area (Å²) in [5.74, 6) is -4.17. The van der Waals surface area contributed by atoms with Crippen LogP contribution < -0.4 is 0 Å². The third-order valence-corrected chi connectivity index (χ3v) is 14.8. The molecule has 25 nitrogen and oxygen atoms in total. The fraction of sp³-hybridized carbons (Fsp3) is 0.603. The highest BCUT2D eigenvalue weighted by molar-refractivity contribution is 5.86. The van der Waals surface area contributed by atoms with Gasteiger partial charge in [0.2, 0.25) is 0 Å². The summed E-state index contributed by atoms with van der Waals surface area (Å²) in [5.41, 5.74) is 2.88. The van der Waals surface area contributed by atoms with Crippen LogP contribution >= 0.6 is 0 Å². The van der Waals surface area contributed by atoms with E-state index in [-0.39, 0.29) is 54.6 Å². The quantitative estimate of drug-likeness (QED) is 0.119. The standard InChI is InChI=1S/2C30H42N4O8.C2H4O.CH4/c2*35-29(36)25-7-3-5-23(31-25)21-33-11-15-39-19-20-40-16-12-34(22-24-6-4-8-26(32-24)30(37)38)14-18-42-28-10-2-1-9-27(28)41-17-13-33;1-2-3;/h2*3-8,27-28H,1-2,9-22H2,(H,35,36)(H,37,38);2H,1H3;1H4/t2*27-,28-;;/m11../s1. The zero-order chi connectivity index (χ0) is 61.9. The molecule has 0 aromatic carbocycles. The molecule has 6 heterocycles. The van der Waals surface area contributed by atoms with Crippen LogP contribution in [-0.2, 0) is 68.9 Å². The van der Waals surface area contributed by atoms with Crippen LogP contribution in [0.1, 0.15) is 130 Å². The molecule has 0 bridgehead atoms. The average molecular weight is 1230 g/mol. The Morgan fingerprint density at radius 3 is 0.795 bits per heavy atom. The highest BCUT2D eigenvalue weighted by Crippen LogP contribution is 2.26. The number of carbonyl (C=O) groups excluding carboxylic acids is 1. The van der Waals surface area contributed by atoms with Crippen LogP contribution in [0.5, 0.6) is 0 Å². The number of pyridine rings is 4. The minimum absolute atomic E-state index is 0. The van der Waals surface area contributed by atoms with E-state index < -0.39 is 23.9 Å². The van der Waals surface area contributed by atoms with E-state index in [9.17, 15) is 39.6 Å². The molecule has 8 rings (SSSR count). The SMILES string of the molecule is C.CC=O.O=C(O)c1cccc(CN2CCOCCOCCN(Cc3cccc(C(=O)O)n3)CCO[C@@H]3CCCC[C@H]3OCC2)n1.O=C(O)c1cccc(CN2CCOCCOCCN(Cc3cccc(C(=O)O)n3)CCO[C@@H]3CCCC[C@H]3OCC2)n1. The van der Waals surface area contributed by atoms with Gasteiger partial charge in [0.05, 0.1) is 126 Å². The molecule has 88 heavy (non-hydrogen) atoms. The van der Waals surface area contributed by atoms with Crippen molar-refractivity contribution < 1.29 is 82.3 Å². The molecule has 4 aromatic heterocycles. The predicted octanol–water partition coefficient (Wildman–Crippen LogP) is 5.98. The summed E-state index contributed by atoms with van der Waals surface area (Å²) in [6, 6.07) is 20.2. The highest BCUT2D eigenvalue weighted by atomic mass is 16.6. The second-order valence-corrected chi connectivity index (χ2v) is 21.3. The summed E-state index contributed by atoms with van der Waals surface area (Å²) in [7, 11) is 0. The van der Waals surface area contributed by atoms with Gasteiger partial charge in [-0.15, -0.1) is 0 Å². The first-order chi connectivity index (χ1) is 42.4. The smallest absolute Gasteiger partial charge is 0.354 e. The van der Waals surface area contributed by atoms with Gasteiger partial charge in [-0.2, -0.15) is 0 Å². The van der Waals surface area contributed by atoms with E-state index in [0.29, 0.717) is 181 Å². The molecular weight excluding hydrogens is 1140 g/mol. The highest BCUT2D eigenvalue weighted by Gasteiger charge is 2.29. The molecule has 25 heteroatoms. The number of aldehydes is 1. The molecule has 4 atom stereocenters. The van der Waals surface area contributed by atoms with E-state index in [4.69, 9.17) is 42.7 Å². The molecule has 0 radical (unpaired) electrons. The minimum atomic E-state index is -1.04. The normalized spacial score (nSPS) is 22.0. The first-order valence-corrected chi connectivity index (χ1v) is 30.2. The molecular formula is C63H92N8O17. The van der Waals surface area contributed by atoms with Crippen LogP contribution in [0.3, 0.4) is 0 Å². The van der Waals surface area contributed by atoms with Crippen molar-refractivity contribution in [2.24, 2.45) is 0 Å². The lowest BCUT2D eigenvalue weighted by molar-refractivity contribution is -0.106. The van der Waals surface area contributed by atoms with E-state index in [1.807, 2.05) is 24.3 Å². The largest absolute Gasteiger partial charge is 0.477 e. The Bertz CT molecular complexity index is 2330. The molecule has 486 valence electrons. The summed E-state index contributed by atoms with van der Waals surface area (Å²) in [5, 5.41) is 37.2. The number of ether oxygens (including phenoxy) is 8. The van der Waals surface area contributed by atoms with Crippen molar-refractivity contribution in [2.75, 3.05) is 132 Å². The molecule has 4 aromatic rings. The maximum absolute atomic E-state index is 11.4. The Morgan fingerprint density at radius 1 is 0.386 bits per heavy atom. The van der Waals surface area contributed by atoms with Gasteiger partial charge in [0.1, 0.15) is 29.1 Å². The lowest BCUT2D eigenvalue weighted by Crippen LogP contribution is -2.39. The molecule has 4 N–H and O–H groups in total. The number of fused-ring (bicyclic) bond motifs is 2. The zero-order valence-electron chi connectivity index (χ0n) is 50.1. The maximum atomic E-state index is 11.4. The van der Waals surface area contributed by atoms with Crippen LogP contribution in [0, 0.1) is 0 Å². The van der Waals surface area contributed by atoms with Gasteiger partial charge in [-0.1, -0.05) is 57.4 Å². The van der Waals surface area contributed by atoms with Gasteiger partial charge in [-0.25, -0.2) is 39.1 Å². The number of aromatic carboxylic acids is 4. The molecule has 2 aliphatic carbocycles. The molecule has 2 saturated heterocycles. The average Bonchev–Trinajstić information content (AvgIpc) is 3.62. The Morgan fingerprint density at radius 2 is 0.591 bits per heavy atom. The van der Waals surface area contributed by atoms with E-state index in [2.05, 4.69) is 39.5 Å². The number of nitrogens with zero attached hydrogens (tertiary/aromatic N) is 8. The van der Waals surface area contributed by atoms with Gasteiger partial charge in [0, 0.05) is 78.5 Å². The molecule has 4 aliphatic rings. The topological polar surface area (TPSA) is 305 Å². The van der Waals surface area contributed by atoms with E-state index in [0.717, 1.165) is 57.7 Å². The first kappa shape index (κ1) is 72.4. The van der Waals surface area contributed by atoms with Gasteiger partial charge in [-0.3, -0.25) is 19.6 Å². The van der Waals surface area contributed by atoms with Gasteiger partial charge in [-0.05, 0) is 81.1 Å². The zero-order valence-corrected chi connectivity index (χ0v) is 50.1. The van der Waals surface area contributed by atoms with Crippen LogP contribution in [0.4, 0.5) is 0 Å². The number of hydrogen-bond donors (Lipinski definition) is 4. The summed E-state index contributed by atoms with van der Waals surface area (Å²) in [6.45, 7) is 14.4. The summed E-state index contributed by atoms with van der Waals surface area (Å²) < 4.78 is 48.8. The third-order valence-electron chi connectivity index (χ3n) is 14.8. The number of rotatable bonds is 12. The molecule has 4 fully saturated rings. The molecule has 0 amide bonds. The maximum Gasteiger partial charge on any atom is 0.354 e. The van der Waals surface area contributed by atoms with Crippen molar-refractivity contribution in [3.63, 3.8) is 0 Å². The fourth-order valence-corrected chi connectivity index (χ4v) is 10.4. The van der Waals surface area contributed by atoms with Crippen LogP contribution in [0.25, 0.3) is 0 Å². The van der Waals surface area contributed by atoms with Crippen molar-refractivity contribution in [1.29, 1.82) is 0 Å². The second kappa shape index (κ2) is 41.8. The number of carboxylic acid groups (broad SMARTS) is 4. The van der Waals surface area contributed by atoms with Gasteiger partial charge in [0.15, 0.2) is 0 Å². The Labute approximate surface area is 516 Å². The number of hydrogen-bond acceptors (Lipinski definition) is 21. The lowest BCUT2D eigenvalue weighted by Gasteiger charge is -2.33. The molecule has 0 spiro atoms. The Kier molecular flexibility index (Phi) is 34.4. The minimum Gasteiger partial charge on any atom is -0.477 e. The third kappa shape index (κ3) is 27.6. The molecule has 0 unspecified atom stereocenters. The summed E-state index contributed by atoms with van der Waals surface area (Å²) in [4.78, 5) is 80.0. The molecule has 2 saturated carbocycles. The number of carbonyl (C=O) groups is 5. The monoisotopic (exact) mass is 1230 g/mol. The second-order valence-electron chi connectivity index (χ2n) is 21.3. The van der Waals surface area contributed by atoms with Crippen molar-refractivity contribution >= 4 is 30.2 Å². The Balaban J connectivity index is 0.000000304. The lowest BCUT2D eigenvalue weighted by atomic mass is 9.94.